The van der Waals surface area contributed by atoms with Gasteiger partial charge in [-0.25, -0.2) is 4.79 Å². The lowest BCUT2D eigenvalue weighted by Gasteiger charge is -2.07. The van der Waals surface area contributed by atoms with Crippen molar-refractivity contribution in [2.45, 2.75) is 6.42 Å². The highest BCUT2D eigenvalue weighted by atomic mass is 16.2. The fourth-order valence-corrected chi connectivity index (χ4v) is 1.57. The number of hydrogen-bond acceptors (Lipinski definition) is 2. The van der Waals surface area contributed by atoms with Gasteiger partial charge in [-0.05, 0) is 36.2 Å². The van der Waals surface area contributed by atoms with Crippen LogP contribution in [0.4, 0.5) is 10.5 Å². The lowest BCUT2D eigenvalue weighted by atomic mass is 10.2. The number of benzene rings is 1. The van der Waals surface area contributed by atoms with E-state index in [0.717, 1.165) is 17.7 Å². The highest BCUT2D eigenvalue weighted by molar-refractivity contribution is 5.89. The molecular weight excluding hydrogens is 226 g/mol. The van der Waals surface area contributed by atoms with Gasteiger partial charge in [-0.1, -0.05) is 18.2 Å². The third-order valence-corrected chi connectivity index (χ3v) is 2.48. The predicted octanol–water partition coefficient (Wildman–Crippen LogP) is 2.94. The highest BCUT2D eigenvalue weighted by Gasteiger charge is 2.00. The summed E-state index contributed by atoms with van der Waals surface area (Å²) in [6.07, 6.45) is 4.30. The van der Waals surface area contributed by atoms with Crippen molar-refractivity contribution < 1.29 is 7.65 Å². The summed E-state index contributed by atoms with van der Waals surface area (Å²) in [5.74, 6) is 0. The van der Waals surface area contributed by atoms with Crippen LogP contribution in [0.25, 0.3) is 0 Å². The number of amides is 2. The van der Waals surface area contributed by atoms with Gasteiger partial charge in [0.2, 0.25) is 0 Å². The average molecular weight is 245 g/mol. The van der Waals surface area contributed by atoms with Gasteiger partial charge in [0.15, 0.2) is 0 Å². The number of carbonyl (C=O) groups is 1. The second-order valence-electron chi connectivity index (χ2n) is 3.85. The first-order valence-corrected chi connectivity index (χ1v) is 5.83. The van der Waals surface area contributed by atoms with Crippen molar-refractivity contribution >= 4 is 11.7 Å². The quantitative estimate of drug-likeness (QED) is 0.870. The first-order chi connectivity index (χ1) is 8.84. The van der Waals surface area contributed by atoms with Gasteiger partial charge in [-0.3, -0.25) is 4.98 Å². The SMILES string of the molecule is O=C(NCCc1ccncc1)Nc1ccccc1.[HH].[HH]. The molecule has 2 aromatic rings. The Morgan fingerprint density at radius 3 is 2.56 bits per heavy atom. The Bertz CT molecular complexity index is 494. The van der Waals surface area contributed by atoms with Crippen LogP contribution in [0.15, 0.2) is 54.9 Å². The molecule has 0 atom stereocenters. The van der Waals surface area contributed by atoms with Gasteiger partial charge in [0.05, 0.1) is 0 Å². The molecule has 96 valence electrons. The summed E-state index contributed by atoms with van der Waals surface area (Å²) >= 11 is 0. The normalized spacial score (nSPS) is 9.78. The molecule has 0 fully saturated rings. The molecule has 0 saturated heterocycles. The van der Waals surface area contributed by atoms with Gasteiger partial charge in [0.1, 0.15) is 0 Å². The molecule has 2 N–H and O–H groups in total. The number of aromatic nitrogens is 1. The smallest absolute Gasteiger partial charge is 0.319 e. The first kappa shape index (κ1) is 12.1. The largest absolute Gasteiger partial charge is 0.338 e. The Labute approximate surface area is 109 Å². The number of urea groups is 1. The van der Waals surface area contributed by atoms with Crippen molar-refractivity contribution in [2.24, 2.45) is 0 Å². The number of anilines is 1. The van der Waals surface area contributed by atoms with Crippen molar-refractivity contribution in [1.29, 1.82) is 0 Å². The van der Waals surface area contributed by atoms with Gasteiger partial charge < -0.3 is 10.6 Å². The molecule has 0 aliphatic rings. The number of rotatable bonds is 4. The zero-order chi connectivity index (χ0) is 12.6. The molecule has 0 spiro atoms. The molecule has 0 aliphatic carbocycles. The second-order valence-corrected chi connectivity index (χ2v) is 3.85. The van der Waals surface area contributed by atoms with Gasteiger partial charge in [-0.15, -0.1) is 0 Å². The van der Waals surface area contributed by atoms with Crippen molar-refractivity contribution in [3.63, 3.8) is 0 Å². The van der Waals surface area contributed by atoms with Crippen LogP contribution in [-0.2, 0) is 6.42 Å². The van der Waals surface area contributed by atoms with Crippen molar-refractivity contribution in [2.75, 3.05) is 11.9 Å². The Morgan fingerprint density at radius 2 is 1.83 bits per heavy atom. The van der Waals surface area contributed by atoms with E-state index in [9.17, 15) is 4.79 Å². The lowest BCUT2D eigenvalue weighted by molar-refractivity contribution is 0.252. The summed E-state index contributed by atoms with van der Waals surface area (Å²) in [5, 5.41) is 5.57. The fraction of sp³-hybridized carbons (Fsp3) is 0.143. The number of nitrogens with one attached hydrogen (secondary N) is 2. The standard InChI is InChI=1S/C14H15N3O.2H2/c18-14(17-13-4-2-1-3-5-13)16-11-8-12-6-9-15-10-7-12;;/h1-7,9-10H,8,11H2,(H2,16,17,18);2*1H. The molecule has 18 heavy (non-hydrogen) atoms. The molecular formula is C14H19N3O. The molecule has 2 rings (SSSR count). The molecule has 0 bridgehead atoms. The van der Waals surface area contributed by atoms with Crippen LogP contribution >= 0.6 is 0 Å². The third-order valence-electron chi connectivity index (χ3n) is 2.48. The molecule has 2 amide bonds. The van der Waals surface area contributed by atoms with Crippen LogP contribution in [0.2, 0.25) is 0 Å². The maximum Gasteiger partial charge on any atom is 0.319 e. The van der Waals surface area contributed by atoms with E-state index >= 15 is 0 Å². The summed E-state index contributed by atoms with van der Waals surface area (Å²) < 4.78 is 0. The molecule has 0 radical (unpaired) electrons. The van der Waals surface area contributed by atoms with Gasteiger partial charge in [0, 0.05) is 27.5 Å². The van der Waals surface area contributed by atoms with Crippen molar-refractivity contribution in [3.8, 4) is 0 Å². The van der Waals surface area contributed by atoms with E-state index < -0.39 is 0 Å². The monoisotopic (exact) mass is 245 g/mol. The van der Waals surface area contributed by atoms with E-state index in [4.69, 9.17) is 0 Å². The minimum absolute atomic E-state index is 0. The lowest BCUT2D eigenvalue weighted by Crippen LogP contribution is -2.30. The highest BCUT2D eigenvalue weighted by Crippen LogP contribution is 2.04. The zero-order valence-corrected chi connectivity index (χ0v) is 9.97. The Kier molecular flexibility index (Phi) is 4.30. The van der Waals surface area contributed by atoms with E-state index in [1.165, 1.54) is 0 Å². The van der Waals surface area contributed by atoms with E-state index in [0.29, 0.717) is 6.54 Å². The first-order valence-electron chi connectivity index (χ1n) is 5.83. The van der Waals surface area contributed by atoms with Crippen molar-refractivity contribution in [3.05, 3.63) is 60.4 Å². The van der Waals surface area contributed by atoms with E-state index in [1.54, 1.807) is 12.4 Å². The Hall–Kier alpha value is -2.36. The maximum atomic E-state index is 11.6. The van der Waals surface area contributed by atoms with Crippen LogP contribution in [-0.4, -0.2) is 17.6 Å². The van der Waals surface area contributed by atoms with Crippen LogP contribution in [0.3, 0.4) is 0 Å². The van der Waals surface area contributed by atoms with Gasteiger partial charge in [-0.2, -0.15) is 0 Å². The van der Waals surface area contributed by atoms with Crippen LogP contribution in [0, 0.1) is 0 Å². The molecule has 1 aromatic heterocycles. The predicted molar refractivity (Wildman–Crippen MR) is 75.6 cm³/mol. The van der Waals surface area contributed by atoms with Crippen LogP contribution < -0.4 is 10.6 Å². The summed E-state index contributed by atoms with van der Waals surface area (Å²) in [6, 6.07) is 13.1. The summed E-state index contributed by atoms with van der Waals surface area (Å²) in [5.41, 5.74) is 1.95. The zero-order valence-electron chi connectivity index (χ0n) is 9.97. The molecule has 4 nitrogen and oxygen atoms in total. The second kappa shape index (κ2) is 6.39. The summed E-state index contributed by atoms with van der Waals surface area (Å²) in [4.78, 5) is 15.5. The molecule has 0 aliphatic heterocycles. The van der Waals surface area contributed by atoms with Crippen LogP contribution in [0.5, 0.6) is 0 Å². The number of carbonyl (C=O) groups excluding carboxylic acids is 1. The topological polar surface area (TPSA) is 54.0 Å². The fourth-order valence-electron chi connectivity index (χ4n) is 1.57. The summed E-state index contributed by atoms with van der Waals surface area (Å²) in [7, 11) is 0. The minimum atomic E-state index is -0.185. The Balaban J connectivity index is 0.00000180. The van der Waals surface area contributed by atoms with E-state index in [1.807, 2.05) is 42.5 Å². The number of nitrogens with zero attached hydrogens (tertiary/aromatic N) is 1. The minimum Gasteiger partial charge on any atom is -0.338 e. The van der Waals surface area contributed by atoms with E-state index in [-0.39, 0.29) is 8.88 Å². The third kappa shape index (κ3) is 3.90. The molecule has 4 heteroatoms. The van der Waals surface area contributed by atoms with E-state index in [2.05, 4.69) is 15.6 Å². The number of para-hydroxylation sites is 1. The maximum absolute atomic E-state index is 11.6. The van der Waals surface area contributed by atoms with Crippen LogP contribution in [0.1, 0.15) is 8.42 Å². The average Bonchev–Trinajstić information content (AvgIpc) is 2.41. The number of hydrogen-bond donors (Lipinski definition) is 2. The molecule has 1 aromatic carbocycles. The van der Waals surface area contributed by atoms with Gasteiger partial charge >= 0.3 is 6.03 Å². The molecule has 0 unspecified atom stereocenters. The van der Waals surface area contributed by atoms with Crippen molar-refractivity contribution in [1.82, 2.24) is 10.3 Å². The molecule has 1 heterocycles. The van der Waals surface area contributed by atoms with Gasteiger partial charge in [0.25, 0.3) is 0 Å². The molecule has 0 saturated carbocycles. The summed E-state index contributed by atoms with van der Waals surface area (Å²) in [6.45, 7) is 0.600. The Morgan fingerprint density at radius 1 is 1.11 bits per heavy atom. The number of pyridine rings is 1.